The number of carboxylic acid groups (broad SMARTS) is 1. The molecule has 1 amide bonds. The third-order valence-corrected chi connectivity index (χ3v) is 2.72. The van der Waals surface area contributed by atoms with Gasteiger partial charge in [-0.2, -0.15) is 0 Å². The molecule has 6 nitrogen and oxygen atoms in total. The van der Waals surface area contributed by atoms with Crippen molar-refractivity contribution in [3.63, 3.8) is 0 Å². The molecule has 0 aliphatic heterocycles. The predicted molar refractivity (Wildman–Crippen MR) is 75.6 cm³/mol. The molecule has 0 saturated carbocycles. The molecule has 0 unspecified atom stereocenters. The maximum absolute atomic E-state index is 12.1. The number of ether oxygens (including phenoxy) is 1. The van der Waals surface area contributed by atoms with Crippen LogP contribution in [0.15, 0.2) is 40.8 Å². The third kappa shape index (κ3) is 3.85. The minimum atomic E-state index is -1.09. The monoisotopic (exact) mass is 289 g/mol. The van der Waals surface area contributed by atoms with Gasteiger partial charge in [0.25, 0.3) is 5.91 Å². The predicted octanol–water partition coefficient (Wildman–Crippen LogP) is 2.56. The van der Waals surface area contributed by atoms with Gasteiger partial charge in [0.2, 0.25) is 0 Å². The summed E-state index contributed by atoms with van der Waals surface area (Å²) in [6, 6.07) is 9.94. The average Bonchev–Trinajstić information content (AvgIpc) is 2.95. The molecule has 1 aromatic carbocycles. The lowest BCUT2D eigenvalue weighted by Gasteiger charge is -2.10. The van der Waals surface area contributed by atoms with Gasteiger partial charge >= 0.3 is 5.97 Å². The van der Waals surface area contributed by atoms with E-state index in [9.17, 15) is 9.59 Å². The van der Waals surface area contributed by atoms with E-state index in [1.165, 1.54) is 0 Å². The molecule has 0 atom stereocenters. The smallest absolute Gasteiger partial charge is 0.341 e. The van der Waals surface area contributed by atoms with Crippen molar-refractivity contribution in [3.05, 3.63) is 47.9 Å². The van der Waals surface area contributed by atoms with Gasteiger partial charge in [0.15, 0.2) is 12.4 Å². The molecular formula is C15H15NO5. The molecule has 2 rings (SSSR count). The van der Waals surface area contributed by atoms with Crippen LogP contribution in [0.5, 0.6) is 5.75 Å². The molecule has 0 aliphatic rings. The Kier molecular flexibility index (Phi) is 4.61. The minimum Gasteiger partial charge on any atom is -0.480 e. The Hall–Kier alpha value is -2.76. The minimum absolute atomic E-state index is 0.194. The fraction of sp³-hybridized carbons (Fsp3) is 0.200. The first-order chi connectivity index (χ1) is 10.1. The van der Waals surface area contributed by atoms with Crippen LogP contribution in [-0.2, 0) is 11.2 Å². The number of carboxylic acids is 1. The molecule has 110 valence electrons. The van der Waals surface area contributed by atoms with Crippen molar-refractivity contribution in [3.8, 4) is 5.75 Å². The Morgan fingerprint density at radius 2 is 2.00 bits per heavy atom. The average molecular weight is 289 g/mol. The van der Waals surface area contributed by atoms with Crippen molar-refractivity contribution in [2.75, 3.05) is 11.9 Å². The Bertz CT molecular complexity index is 647. The summed E-state index contributed by atoms with van der Waals surface area (Å²) in [6.45, 7) is 1.45. The van der Waals surface area contributed by atoms with Gasteiger partial charge in [0, 0.05) is 6.42 Å². The molecule has 2 N–H and O–H groups in total. The number of hydrogen-bond donors (Lipinski definition) is 2. The first-order valence-corrected chi connectivity index (χ1v) is 6.44. The third-order valence-electron chi connectivity index (χ3n) is 2.72. The van der Waals surface area contributed by atoms with Crippen molar-refractivity contribution in [1.82, 2.24) is 0 Å². The fourth-order valence-corrected chi connectivity index (χ4v) is 1.71. The highest BCUT2D eigenvalue weighted by molar-refractivity contribution is 6.03. The largest absolute Gasteiger partial charge is 0.480 e. The van der Waals surface area contributed by atoms with Crippen molar-refractivity contribution in [2.24, 2.45) is 0 Å². The van der Waals surface area contributed by atoms with Crippen molar-refractivity contribution >= 4 is 17.6 Å². The zero-order valence-corrected chi connectivity index (χ0v) is 11.5. The summed E-state index contributed by atoms with van der Waals surface area (Å²) < 4.78 is 10.5. The van der Waals surface area contributed by atoms with Crippen LogP contribution in [-0.4, -0.2) is 23.6 Å². The van der Waals surface area contributed by atoms with Gasteiger partial charge in [-0.3, -0.25) is 4.79 Å². The Balaban J connectivity index is 2.11. The molecular weight excluding hydrogens is 274 g/mol. The topological polar surface area (TPSA) is 88.8 Å². The second-order valence-corrected chi connectivity index (χ2v) is 4.25. The summed E-state index contributed by atoms with van der Waals surface area (Å²) in [7, 11) is 0. The van der Waals surface area contributed by atoms with Crippen LogP contribution in [0.3, 0.4) is 0 Å². The Labute approximate surface area is 121 Å². The first-order valence-electron chi connectivity index (χ1n) is 6.44. The van der Waals surface area contributed by atoms with Crippen molar-refractivity contribution < 1.29 is 23.8 Å². The molecule has 1 heterocycles. The van der Waals surface area contributed by atoms with Gasteiger partial charge in [0.1, 0.15) is 11.5 Å². The number of furan rings is 1. The van der Waals surface area contributed by atoms with Gasteiger partial charge in [0.05, 0.1) is 5.69 Å². The lowest BCUT2D eigenvalue weighted by molar-refractivity contribution is -0.139. The summed E-state index contributed by atoms with van der Waals surface area (Å²) in [5, 5.41) is 11.3. The molecule has 1 aromatic heterocycles. The summed E-state index contributed by atoms with van der Waals surface area (Å²) in [5.74, 6) is -0.304. The van der Waals surface area contributed by atoms with E-state index in [-0.39, 0.29) is 11.5 Å². The normalized spacial score (nSPS) is 10.1. The van der Waals surface area contributed by atoms with Crippen LogP contribution in [0.2, 0.25) is 0 Å². The van der Waals surface area contributed by atoms with E-state index in [4.69, 9.17) is 14.3 Å². The molecule has 0 spiro atoms. The molecule has 2 aromatic rings. The van der Waals surface area contributed by atoms with Gasteiger partial charge in [-0.25, -0.2) is 4.79 Å². The zero-order chi connectivity index (χ0) is 15.2. The Morgan fingerprint density at radius 3 is 2.67 bits per heavy atom. The fourth-order valence-electron chi connectivity index (χ4n) is 1.71. The summed E-state index contributed by atoms with van der Waals surface area (Å²) in [4.78, 5) is 22.6. The summed E-state index contributed by atoms with van der Waals surface area (Å²) >= 11 is 0. The van der Waals surface area contributed by atoms with E-state index in [2.05, 4.69) is 5.32 Å². The molecule has 0 saturated heterocycles. The SMILES string of the molecule is CCc1ccc(C(=O)Nc2ccccc2OCC(=O)O)o1. The number of nitrogens with one attached hydrogen (secondary N) is 1. The number of hydrogen-bond acceptors (Lipinski definition) is 4. The second kappa shape index (κ2) is 6.60. The number of aryl methyl sites for hydroxylation is 1. The number of benzene rings is 1. The maximum atomic E-state index is 12.1. The van der Waals surface area contributed by atoms with Crippen molar-refractivity contribution in [1.29, 1.82) is 0 Å². The van der Waals surface area contributed by atoms with E-state index in [1.807, 2.05) is 6.92 Å². The van der Waals surface area contributed by atoms with Crippen LogP contribution in [0.1, 0.15) is 23.2 Å². The maximum Gasteiger partial charge on any atom is 0.341 e. The molecule has 21 heavy (non-hydrogen) atoms. The van der Waals surface area contributed by atoms with Crippen LogP contribution < -0.4 is 10.1 Å². The highest BCUT2D eigenvalue weighted by atomic mass is 16.5. The quantitative estimate of drug-likeness (QED) is 0.853. The molecule has 0 bridgehead atoms. The first kappa shape index (κ1) is 14.6. The number of rotatable bonds is 6. The lowest BCUT2D eigenvalue weighted by atomic mass is 10.3. The van der Waals surface area contributed by atoms with Crippen LogP contribution in [0, 0.1) is 0 Å². The van der Waals surface area contributed by atoms with Crippen LogP contribution >= 0.6 is 0 Å². The number of amides is 1. The number of carbonyl (C=O) groups excluding carboxylic acids is 1. The van der Waals surface area contributed by atoms with E-state index in [0.717, 1.165) is 5.76 Å². The highest BCUT2D eigenvalue weighted by Crippen LogP contribution is 2.24. The number of aliphatic carboxylic acids is 1. The van der Waals surface area contributed by atoms with E-state index < -0.39 is 18.5 Å². The van der Waals surface area contributed by atoms with Gasteiger partial charge in [-0.1, -0.05) is 19.1 Å². The Morgan fingerprint density at radius 1 is 1.24 bits per heavy atom. The number of anilines is 1. The summed E-state index contributed by atoms with van der Waals surface area (Å²) in [5.41, 5.74) is 0.387. The second-order valence-electron chi connectivity index (χ2n) is 4.25. The zero-order valence-electron chi connectivity index (χ0n) is 11.5. The van der Waals surface area contributed by atoms with Crippen LogP contribution in [0.25, 0.3) is 0 Å². The van der Waals surface area contributed by atoms with Gasteiger partial charge < -0.3 is 19.6 Å². The molecule has 0 radical (unpaired) electrons. The van der Waals surface area contributed by atoms with E-state index >= 15 is 0 Å². The summed E-state index contributed by atoms with van der Waals surface area (Å²) in [6.07, 6.45) is 0.700. The molecule has 0 aliphatic carbocycles. The highest BCUT2D eigenvalue weighted by Gasteiger charge is 2.13. The molecule has 0 fully saturated rings. The molecule has 6 heteroatoms. The lowest BCUT2D eigenvalue weighted by Crippen LogP contribution is -2.14. The number of carbonyl (C=O) groups is 2. The van der Waals surface area contributed by atoms with E-state index in [0.29, 0.717) is 12.1 Å². The van der Waals surface area contributed by atoms with Crippen LogP contribution in [0.4, 0.5) is 5.69 Å². The van der Waals surface area contributed by atoms with E-state index in [1.54, 1.807) is 36.4 Å². The van der Waals surface area contributed by atoms with Gasteiger partial charge in [-0.05, 0) is 24.3 Å². The van der Waals surface area contributed by atoms with Gasteiger partial charge in [-0.15, -0.1) is 0 Å². The number of para-hydroxylation sites is 2. The standard InChI is InChI=1S/C15H15NO5/c1-2-10-7-8-13(21-10)15(19)16-11-5-3-4-6-12(11)20-9-14(17)18/h3-8H,2,9H2,1H3,(H,16,19)(H,17,18). The van der Waals surface area contributed by atoms with Crippen molar-refractivity contribution in [2.45, 2.75) is 13.3 Å².